The van der Waals surface area contributed by atoms with Gasteiger partial charge in [-0.1, -0.05) is 32.1 Å². The van der Waals surface area contributed by atoms with Gasteiger partial charge in [-0.05, 0) is 18.1 Å². The molecule has 0 bridgehead atoms. The molecule has 3 atom stereocenters. The topological polar surface area (TPSA) is 96.2 Å². The van der Waals surface area contributed by atoms with Crippen LogP contribution in [0, 0.1) is 5.92 Å². The number of phenols is 2. The van der Waals surface area contributed by atoms with Crippen LogP contribution in [0.1, 0.15) is 25.8 Å². The van der Waals surface area contributed by atoms with Crippen LogP contribution in [0.2, 0.25) is 0 Å². The average molecular weight is 346 g/mol. The summed E-state index contributed by atoms with van der Waals surface area (Å²) in [6, 6.07) is 3.13. The minimum Gasteiger partial charge on any atom is -0.504 e. The van der Waals surface area contributed by atoms with Gasteiger partial charge in [0.15, 0.2) is 17.8 Å². The molecule has 6 nitrogen and oxygen atoms in total. The second-order valence-corrected chi connectivity index (χ2v) is 6.88. The molecule has 3 unspecified atom stereocenters. The van der Waals surface area contributed by atoms with E-state index in [1.807, 2.05) is 19.1 Å². The number of carbonyl (C=O) groups is 1. The number of hydrogen-bond acceptors (Lipinski definition) is 6. The van der Waals surface area contributed by atoms with Gasteiger partial charge in [-0.3, -0.25) is 0 Å². The van der Waals surface area contributed by atoms with Crippen LogP contribution in [-0.2, 0) is 14.9 Å². The molecule has 3 N–H and O–H groups in total. The maximum absolute atomic E-state index is 10.8. The standard InChI is InChI=1S/C19H22O6/c1-11(8-20)9-24-17-14(3-4-15(21)16(17)22)19(2)6-5-13-12(7-19)10-25-18(13)23/h3-6,8,11,18,21-23H,7,9-10H2,1-2H3. The molecule has 0 fully saturated rings. The van der Waals surface area contributed by atoms with Gasteiger partial charge >= 0.3 is 0 Å². The fourth-order valence-electron chi connectivity index (χ4n) is 3.25. The summed E-state index contributed by atoms with van der Waals surface area (Å²) in [5.41, 5.74) is 1.97. The molecule has 134 valence electrons. The lowest BCUT2D eigenvalue weighted by Gasteiger charge is -2.32. The molecule has 0 saturated carbocycles. The summed E-state index contributed by atoms with van der Waals surface area (Å²) in [5.74, 6) is -0.783. The van der Waals surface area contributed by atoms with Crippen LogP contribution in [-0.4, -0.2) is 41.1 Å². The van der Waals surface area contributed by atoms with Gasteiger partial charge in [0.25, 0.3) is 0 Å². The summed E-state index contributed by atoms with van der Waals surface area (Å²) in [4.78, 5) is 10.8. The van der Waals surface area contributed by atoms with Crippen molar-refractivity contribution < 1.29 is 29.6 Å². The fourth-order valence-corrected chi connectivity index (χ4v) is 3.25. The van der Waals surface area contributed by atoms with E-state index in [2.05, 4.69) is 0 Å². The van der Waals surface area contributed by atoms with Gasteiger partial charge in [-0.15, -0.1) is 0 Å². The summed E-state index contributed by atoms with van der Waals surface area (Å²) in [6.45, 7) is 4.16. The Hall–Kier alpha value is -2.31. The van der Waals surface area contributed by atoms with Crippen LogP contribution in [0.15, 0.2) is 35.4 Å². The monoisotopic (exact) mass is 346 g/mol. The van der Waals surface area contributed by atoms with Crippen molar-refractivity contribution >= 4 is 6.29 Å². The fraction of sp³-hybridized carbons (Fsp3) is 0.421. The van der Waals surface area contributed by atoms with Crippen molar-refractivity contribution in [1.82, 2.24) is 0 Å². The van der Waals surface area contributed by atoms with E-state index >= 15 is 0 Å². The zero-order valence-electron chi connectivity index (χ0n) is 14.2. The molecule has 0 saturated heterocycles. The van der Waals surface area contributed by atoms with Crippen molar-refractivity contribution in [1.29, 1.82) is 0 Å². The van der Waals surface area contributed by atoms with Gasteiger partial charge in [0.05, 0.1) is 13.2 Å². The second-order valence-electron chi connectivity index (χ2n) is 6.88. The highest BCUT2D eigenvalue weighted by Gasteiger charge is 2.37. The van der Waals surface area contributed by atoms with E-state index in [1.54, 1.807) is 13.0 Å². The quantitative estimate of drug-likeness (QED) is 0.559. The molecule has 1 aromatic rings. The van der Waals surface area contributed by atoms with Crippen LogP contribution in [0.3, 0.4) is 0 Å². The van der Waals surface area contributed by atoms with Crippen LogP contribution < -0.4 is 4.74 Å². The van der Waals surface area contributed by atoms with Crippen molar-refractivity contribution in [3.8, 4) is 17.2 Å². The molecule has 0 spiro atoms. The van der Waals surface area contributed by atoms with Gasteiger partial charge in [0.2, 0.25) is 5.75 Å². The molecule has 6 heteroatoms. The van der Waals surface area contributed by atoms with E-state index in [-0.39, 0.29) is 29.8 Å². The Labute approximate surface area is 146 Å². The number of allylic oxidation sites excluding steroid dienone is 1. The van der Waals surface area contributed by atoms with E-state index in [0.29, 0.717) is 18.6 Å². The van der Waals surface area contributed by atoms with Crippen molar-refractivity contribution in [3.63, 3.8) is 0 Å². The Morgan fingerprint density at radius 2 is 2.20 bits per heavy atom. The first-order valence-corrected chi connectivity index (χ1v) is 8.20. The molecule has 1 aliphatic heterocycles. The highest BCUT2D eigenvalue weighted by atomic mass is 16.6. The molecular weight excluding hydrogens is 324 g/mol. The Balaban J connectivity index is 1.97. The normalized spacial score (nSPS) is 26.4. The number of rotatable bonds is 5. The number of aromatic hydroxyl groups is 2. The van der Waals surface area contributed by atoms with Gasteiger partial charge in [0.1, 0.15) is 6.29 Å². The predicted octanol–water partition coefficient (Wildman–Crippen LogP) is 2.17. The Morgan fingerprint density at radius 3 is 2.92 bits per heavy atom. The van der Waals surface area contributed by atoms with E-state index < -0.39 is 11.7 Å². The Bertz CT molecular complexity index is 751. The van der Waals surface area contributed by atoms with E-state index in [0.717, 1.165) is 17.4 Å². The largest absolute Gasteiger partial charge is 0.504 e. The van der Waals surface area contributed by atoms with Crippen molar-refractivity contribution in [2.24, 2.45) is 5.92 Å². The molecular formula is C19H22O6. The smallest absolute Gasteiger partial charge is 0.200 e. The zero-order valence-corrected chi connectivity index (χ0v) is 14.2. The number of benzene rings is 1. The second kappa shape index (κ2) is 6.54. The van der Waals surface area contributed by atoms with Crippen LogP contribution in [0.4, 0.5) is 0 Å². The first-order valence-electron chi connectivity index (χ1n) is 8.20. The maximum atomic E-state index is 10.8. The Kier molecular flexibility index (Phi) is 4.58. The lowest BCUT2D eigenvalue weighted by atomic mass is 9.73. The number of hydrogen-bond donors (Lipinski definition) is 3. The summed E-state index contributed by atoms with van der Waals surface area (Å²) in [6.07, 6.45) is 4.24. The van der Waals surface area contributed by atoms with Crippen molar-refractivity contribution in [3.05, 3.63) is 41.0 Å². The molecule has 1 heterocycles. The number of phenolic OH excluding ortho intramolecular Hbond substituents is 2. The SMILES string of the molecule is CC(C=O)COc1c(C2(C)C=CC3=C(COC3O)C2)ccc(O)c1O. The lowest BCUT2D eigenvalue weighted by Crippen LogP contribution is -2.25. The number of ether oxygens (including phenoxy) is 2. The van der Waals surface area contributed by atoms with Gasteiger partial charge < -0.3 is 29.6 Å². The molecule has 1 aromatic carbocycles. The molecule has 0 amide bonds. The predicted molar refractivity (Wildman–Crippen MR) is 90.6 cm³/mol. The van der Waals surface area contributed by atoms with E-state index in [9.17, 15) is 20.1 Å². The van der Waals surface area contributed by atoms with Gasteiger partial charge in [-0.2, -0.15) is 0 Å². The molecule has 0 radical (unpaired) electrons. The van der Waals surface area contributed by atoms with Crippen molar-refractivity contribution in [2.75, 3.05) is 13.2 Å². The summed E-state index contributed by atoms with van der Waals surface area (Å²) < 4.78 is 10.9. The lowest BCUT2D eigenvalue weighted by molar-refractivity contribution is -0.111. The average Bonchev–Trinajstić information content (AvgIpc) is 2.95. The third-order valence-corrected chi connectivity index (χ3v) is 4.75. The minimum atomic E-state index is -0.895. The first kappa shape index (κ1) is 17.5. The van der Waals surface area contributed by atoms with E-state index in [4.69, 9.17) is 9.47 Å². The minimum absolute atomic E-state index is 0.100. The third-order valence-electron chi connectivity index (χ3n) is 4.75. The first-order chi connectivity index (χ1) is 11.9. The summed E-state index contributed by atoms with van der Waals surface area (Å²) in [7, 11) is 0. The molecule has 2 aliphatic rings. The number of aliphatic hydroxyl groups excluding tert-OH is 1. The summed E-state index contributed by atoms with van der Waals surface area (Å²) >= 11 is 0. The van der Waals surface area contributed by atoms with Crippen LogP contribution in [0.5, 0.6) is 17.2 Å². The molecule has 0 aromatic heterocycles. The molecule has 3 rings (SSSR count). The van der Waals surface area contributed by atoms with Crippen LogP contribution >= 0.6 is 0 Å². The maximum Gasteiger partial charge on any atom is 0.200 e. The number of aldehydes is 1. The highest BCUT2D eigenvalue weighted by Crippen LogP contribution is 2.48. The molecule has 1 aliphatic carbocycles. The third kappa shape index (κ3) is 3.15. The van der Waals surface area contributed by atoms with Gasteiger partial charge in [-0.25, -0.2) is 0 Å². The summed E-state index contributed by atoms with van der Waals surface area (Å²) in [5, 5.41) is 29.9. The molecule has 25 heavy (non-hydrogen) atoms. The van der Waals surface area contributed by atoms with Crippen molar-refractivity contribution in [2.45, 2.75) is 32.0 Å². The zero-order chi connectivity index (χ0) is 18.2. The van der Waals surface area contributed by atoms with Crippen LogP contribution in [0.25, 0.3) is 0 Å². The highest BCUT2D eigenvalue weighted by molar-refractivity contribution is 5.59. The van der Waals surface area contributed by atoms with E-state index in [1.165, 1.54) is 6.07 Å². The number of aliphatic hydroxyl groups is 1. The van der Waals surface area contributed by atoms with Gasteiger partial charge in [0, 0.05) is 22.5 Å². The Morgan fingerprint density at radius 1 is 1.44 bits per heavy atom. The number of carbonyl (C=O) groups excluding carboxylic acids is 1.